The van der Waals surface area contributed by atoms with Crippen LogP contribution in [0.25, 0.3) is 0 Å². The molecule has 1 N–H and O–H groups in total. The molecule has 0 aromatic heterocycles. The summed E-state index contributed by atoms with van der Waals surface area (Å²) < 4.78 is 31.8. The largest absolute Gasteiger partial charge is 0.481 e. The van der Waals surface area contributed by atoms with Crippen molar-refractivity contribution in [3.8, 4) is 5.75 Å². The van der Waals surface area contributed by atoms with E-state index in [1.54, 1.807) is 6.92 Å². The van der Waals surface area contributed by atoms with Crippen molar-refractivity contribution in [2.75, 3.05) is 5.32 Å². The number of anilines is 1. The molecule has 1 amide bonds. The lowest BCUT2D eigenvalue weighted by molar-refractivity contribution is -0.122. The van der Waals surface area contributed by atoms with Crippen LogP contribution in [0.2, 0.25) is 0 Å². The fourth-order valence-corrected chi connectivity index (χ4v) is 2.18. The lowest BCUT2D eigenvalue weighted by atomic mass is 10.1. The molecular formula is C18H19F2NO2. The van der Waals surface area contributed by atoms with Crippen LogP contribution in [0.15, 0.2) is 30.3 Å². The van der Waals surface area contributed by atoms with Gasteiger partial charge in [-0.1, -0.05) is 6.07 Å². The Balaban J connectivity index is 2.10. The summed E-state index contributed by atoms with van der Waals surface area (Å²) in [5.41, 5.74) is 3.26. The molecule has 0 heterocycles. The van der Waals surface area contributed by atoms with E-state index in [1.807, 2.05) is 32.9 Å². The lowest BCUT2D eigenvalue weighted by Crippen LogP contribution is -2.30. The monoisotopic (exact) mass is 319 g/mol. The zero-order valence-electron chi connectivity index (χ0n) is 13.5. The SMILES string of the molecule is Cc1cc(C)c(C)c(O[C@@H](C)C(=O)Nc2ccc(F)c(F)c2)c1. The van der Waals surface area contributed by atoms with E-state index in [9.17, 15) is 13.6 Å². The molecule has 122 valence electrons. The summed E-state index contributed by atoms with van der Waals surface area (Å²) in [6.45, 7) is 7.45. The molecular weight excluding hydrogens is 300 g/mol. The minimum atomic E-state index is -1.01. The normalized spacial score (nSPS) is 11.9. The fraction of sp³-hybridized carbons (Fsp3) is 0.278. The summed E-state index contributed by atoms with van der Waals surface area (Å²) in [6.07, 6.45) is -0.775. The number of aryl methyl sites for hydroxylation is 2. The highest BCUT2D eigenvalue weighted by Crippen LogP contribution is 2.24. The van der Waals surface area contributed by atoms with Gasteiger partial charge in [-0.05, 0) is 62.6 Å². The highest BCUT2D eigenvalue weighted by molar-refractivity contribution is 5.94. The lowest BCUT2D eigenvalue weighted by Gasteiger charge is -2.18. The van der Waals surface area contributed by atoms with Gasteiger partial charge in [-0.3, -0.25) is 4.79 Å². The van der Waals surface area contributed by atoms with Gasteiger partial charge in [0.05, 0.1) is 0 Å². The molecule has 2 aromatic rings. The van der Waals surface area contributed by atoms with E-state index >= 15 is 0 Å². The standard InChI is InChI=1S/C18H19F2NO2/c1-10-7-11(2)12(3)17(8-10)23-13(4)18(22)21-14-5-6-15(19)16(20)9-14/h5-9,13H,1-4H3,(H,21,22)/t13-/m0/s1. The zero-order chi connectivity index (χ0) is 17.1. The van der Waals surface area contributed by atoms with Crippen LogP contribution < -0.4 is 10.1 Å². The second kappa shape index (κ2) is 6.77. The molecule has 0 radical (unpaired) electrons. The Bertz CT molecular complexity index is 744. The number of carbonyl (C=O) groups is 1. The Hall–Kier alpha value is -2.43. The summed E-state index contributed by atoms with van der Waals surface area (Å²) in [4.78, 5) is 12.1. The van der Waals surface area contributed by atoms with Crippen LogP contribution in [0.3, 0.4) is 0 Å². The van der Waals surface area contributed by atoms with Crippen LogP contribution >= 0.6 is 0 Å². The summed E-state index contributed by atoms with van der Waals surface area (Å²) >= 11 is 0. The van der Waals surface area contributed by atoms with Crippen molar-refractivity contribution in [3.63, 3.8) is 0 Å². The average molecular weight is 319 g/mol. The smallest absolute Gasteiger partial charge is 0.265 e. The molecule has 0 saturated heterocycles. The summed E-state index contributed by atoms with van der Waals surface area (Å²) in [5.74, 6) is -1.77. The number of halogens is 2. The van der Waals surface area contributed by atoms with Gasteiger partial charge in [0, 0.05) is 11.8 Å². The molecule has 0 spiro atoms. The van der Waals surface area contributed by atoms with Gasteiger partial charge in [0.2, 0.25) is 0 Å². The van der Waals surface area contributed by atoms with Crippen LogP contribution in [0.1, 0.15) is 23.6 Å². The number of rotatable bonds is 4. The van der Waals surface area contributed by atoms with Crippen molar-refractivity contribution in [2.24, 2.45) is 0 Å². The first-order valence-corrected chi connectivity index (χ1v) is 7.28. The van der Waals surface area contributed by atoms with E-state index in [1.165, 1.54) is 6.07 Å². The summed E-state index contributed by atoms with van der Waals surface area (Å²) in [5, 5.41) is 2.51. The van der Waals surface area contributed by atoms with Gasteiger partial charge in [-0.15, -0.1) is 0 Å². The second-order valence-electron chi connectivity index (χ2n) is 5.58. The average Bonchev–Trinajstić information content (AvgIpc) is 2.48. The minimum absolute atomic E-state index is 0.182. The molecule has 0 unspecified atom stereocenters. The molecule has 2 rings (SSSR count). The Labute approximate surface area is 134 Å². The van der Waals surface area contributed by atoms with E-state index in [0.29, 0.717) is 5.75 Å². The minimum Gasteiger partial charge on any atom is -0.481 e. The maximum Gasteiger partial charge on any atom is 0.265 e. The maximum atomic E-state index is 13.2. The van der Waals surface area contributed by atoms with Crippen molar-refractivity contribution in [1.29, 1.82) is 0 Å². The third kappa shape index (κ3) is 4.06. The summed E-state index contributed by atoms with van der Waals surface area (Å²) in [7, 11) is 0. The van der Waals surface area contributed by atoms with E-state index < -0.39 is 23.6 Å². The number of hydrogen-bond donors (Lipinski definition) is 1. The molecule has 23 heavy (non-hydrogen) atoms. The number of carbonyl (C=O) groups excluding carboxylic acids is 1. The van der Waals surface area contributed by atoms with Crippen molar-refractivity contribution >= 4 is 11.6 Å². The van der Waals surface area contributed by atoms with Crippen LogP contribution in [0.4, 0.5) is 14.5 Å². The summed E-state index contributed by atoms with van der Waals surface area (Å²) in [6, 6.07) is 7.09. The van der Waals surface area contributed by atoms with Crippen molar-refractivity contribution in [2.45, 2.75) is 33.8 Å². The third-order valence-corrected chi connectivity index (χ3v) is 3.62. The van der Waals surface area contributed by atoms with E-state index in [-0.39, 0.29) is 5.69 Å². The highest BCUT2D eigenvalue weighted by atomic mass is 19.2. The number of benzene rings is 2. The van der Waals surface area contributed by atoms with Crippen LogP contribution in [-0.2, 0) is 4.79 Å². The van der Waals surface area contributed by atoms with Gasteiger partial charge in [0.1, 0.15) is 5.75 Å². The molecule has 3 nitrogen and oxygen atoms in total. The van der Waals surface area contributed by atoms with Crippen molar-refractivity contribution in [1.82, 2.24) is 0 Å². The number of amides is 1. The molecule has 0 saturated carbocycles. The quantitative estimate of drug-likeness (QED) is 0.912. The molecule has 0 fully saturated rings. The first-order valence-electron chi connectivity index (χ1n) is 7.28. The van der Waals surface area contributed by atoms with Gasteiger partial charge in [0.25, 0.3) is 5.91 Å². The Morgan fingerprint density at radius 1 is 1.09 bits per heavy atom. The third-order valence-electron chi connectivity index (χ3n) is 3.62. The second-order valence-corrected chi connectivity index (χ2v) is 5.58. The van der Waals surface area contributed by atoms with E-state index in [2.05, 4.69) is 5.32 Å². The Kier molecular flexibility index (Phi) is 4.98. The fourth-order valence-electron chi connectivity index (χ4n) is 2.18. The molecule has 0 aliphatic rings. The van der Waals surface area contributed by atoms with Crippen LogP contribution in [0, 0.1) is 32.4 Å². The topological polar surface area (TPSA) is 38.3 Å². The molecule has 2 aromatic carbocycles. The van der Waals surface area contributed by atoms with Crippen LogP contribution in [-0.4, -0.2) is 12.0 Å². The maximum absolute atomic E-state index is 13.2. The first-order chi connectivity index (χ1) is 10.8. The highest BCUT2D eigenvalue weighted by Gasteiger charge is 2.17. The van der Waals surface area contributed by atoms with Crippen LogP contribution in [0.5, 0.6) is 5.75 Å². The van der Waals surface area contributed by atoms with E-state index in [4.69, 9.17) is 4.74 Å². The predicted octanol–water partition coefficient (Wildman–Crippen LogP) is 4.30. The predicted molar refractivity (Wildman–Crippen MR) is 85.7 cm³/mol. The van der Waals surface area contributed by atoms with Gasteiger partial charge in [-0.2, -0.15) is 0 Å². The van der Waals surface area contributed by atoms with Crippen molar-refractivity contribution < 1.29 is 18.3 Å². The molecule has 0 aliphatic carbocycles. The van der Waals surface area contributed by atoms with Gasteiger partial charge in [0.15, 0.2) is 17.7 Å². The first kappa shape index (κ1) is 16.9. The zero-order valence-corrected chi connectivity index (χ0v) is 13.5. The van der Waals surface area contributed by atoms with Crippen molar-refractivity contribution in [3.05, 3.63) is 58.7 Å². The number of nitrogens with one attached hydrogen (secondary N) is 1. The molecule has 1 atom stereocenters. The number of ether oxygens (including phenoxy) is 1. The van der Waals surface area contributed by atoms with Gasteiger partial charge >= 0.3 is 0 Å². The Morgan fingerprint density at radius 3 is 2.43 bits per heavy atom. The Morgan fingerprint density at radius 2 is 1.78 bits per heavy atom. The van der Waals surface area contributed by atoms with E-state index in [0.717, 1.165) is 28.8 Å². The van der Waals surface area contributed by atoms with Gasteiger partial charge < -0.3 is 10.1 Å². The molecule has 0 aliphatic heterocycles. The van der Waals surface area contributed by atoms with Gasteiger partial charge in [-0.25, -0.2) is 8.78 Å². The molecule has 0 bridgehead atoms. The molecule has 5 heteroatoms. The number of hydrogen-bond acceptors (Lipinski definition) is 2.